The Morgan fingerprint density at radius 2 is 2.18 bits per heavy atom. The van der Waals surface area contributed by atoms with Gasteiger partial charge in [0, 0.05) is 25.7 Å². The highest BCUT2D eigenvalue weighted by Crippen LogP contribution is 2.34. The Bertz CT molecular complexity index is 990. The molecule has 4 rings (SSSR count). The van der Waals surface area contributed by atoms with Gasteiger partial charge in [-0.05, 0) is 37.5 Å². The number of aromatic nitrogens is 2. The highest BCUT2D eigenvalue weighted by molar-refractivity contribution is 7.17. The van der Waals surface area contributed by atoms with Crippen LogP contribution in [0.3, 0.4) is 0 Å². The molecule has 2 aromatic heterocycles. The van der Waals surface area contributed by atoms with E-state index >= 15 is 0 Å². The molecule has 0 fully saturated rings. The lowest BCUT2D eigenvalue weighted by Gasteiger charge is -2.24. The van der Waals surface area contributed by atoms with E-state index in [2.05, 4.69) is 10.3 Å². The van der Waals surface area contributed by atoms with Gasteiger partial charge >= 0.3 is 6.09 Å². The van der Waals surface area contributed by atoms with E-state index in [1.54, 1.807) is 22.9 Å². The van der Waals surface area contributed by atoms with Crippen molar-refractivity contribution in [3.05, 3.63) is 40.7 Å². The minimum atomic E-state index is -0.917. The molecule has 0 bridgehead atoms. The molecule has 0 radical (unpaired) electrons. The third kappa shape index (κ3) is 3.33. The van der Waals surface area contributed by atoms with Crippen LogP contribution in [0.1, 0.15) is 46.4 Å². The summed E-state index contributed by atoms with van der Waals surface area (Å²) >= 11 is 1.40. The zero-order valence-corrected chi connectivity index (χ0v) is 16.2. The SMILES string of the molecule is Cc1nc(NC(=O)C2CCC(=O)c3cccn32)sc1C1=CCN(C(=O)O)CC1. The zero-order valence-electron chi connectivity index (χ0n) is 15.3. The van der Waals surface area contributed by atoms with Crippen molar-refractivity contribution in [2.24, 2.45) is 0 Å². The van der Waals surface area contributed by atoms with Gasteiger partial charge in [0.2, 0.25) is 5.91 Å². The second kappa shape index (κ2) is 7.23. The number of aryl methyl sites for hydroxylation is 1. The molecule has 2 aliphatic rings. The molecule has 2 aliphatic heterocycles. The van der Waals surface area contributed by atoms with Gasteiger partial charge in [-0.3, -0.25) is 9.59 Å². The van der Waals surface area contributed by atoms with E-state index in [9.17, 15) is 14.4 Å². The predicted molar refractivity (Wildman–Crippen MR) is 105 cm³/mol. The maximum absolute atomic E-state index is 12.8. The number of carboxylic acid groups (broad SMARTS) is 1. The first-order chi connectivity index (χ1) is 13.4. The molecule has 4 heterocycles. The number of amides is 2. The fourth-order valence-corrected chi connectivity index (χ4v) is 4.72. The minimum Gasteiger partial charge on any atom is -0.465 e. The zero-order chi connectivity index (χ0) is 19.8. The van der Waals surface area contributed by atoms with E-state index in [-0.39, 0.29) is 11.7 Å². The average Bonchev–Trinajstić information content (AvgIpc) is 3.29. The number of thiazole rings is 1. The van der Waals surface area contributed by atoms with Gasteiger partial charge in [-0.2, -0.15) is 0 Å². The van der Waals surface area contributed by atoms with Crippen molar-refractivity contribution >= 4 is 39.8 Å². The maximum Gasteiger partial charge on any atom is 0.407 e. The summed E-state index contributed by atoms with van der Waals surface area (Å²) in [6.45, 7) is 2.69. The van der Waals surface area contributed by atoms with Crippen LogP contribution in [0.15, 0.2) is 24.4 Å². The summed E-state index contributed by atoms with van der Waals surface area (Å²) in [5.74, 6) is -0.124. The van der Waals surface area contributed by atoms with E-state index in [0.717, 1.165) is 16.1 Å². The minimum absolute atomic E-state index is 0.0565. The summed E-state index contributed by atoms with van der Waals surface area (Å²) < 4.78 is 1.73. The summed E-state index contributed by atoms with van der Waals surface area (Å²) in [5.41, 5.74) is 2.44. The monoisotopic (exact) mass is 400 g/mol. The molecular formula is C19H20N4O4S. The lowest BCUT2D eigenvalue weighted by molar-refractivity contribution is -0.119. The summed E-state index contributed by atoms with van der Waals surface area (Å²) in [5, 5.41) is 12.5. The molecule has 0 aromatic carbocycles. The van der Waals surface area contributed by atoms with Crippen LogP contribution in [0.25, 0.3) is 5.57 Å². The Hall–Kier alpha value is -2.94. The van der Waals surface area contributed by atoms with E-state index in [1.807, 2.05) is 13.0 Å². The number of carbonyl (C=O) groups excluding carboxylic acids is 2. The van der Waals surface area contributed by atoms with Gasteiger partial charge in [-0.1, -0.05) is 17.4 Å². The smallest absolute Gasteiger partial charge is 0.407 e. The topological polar surface area (TPSA) is 105 Å². The number of hydrogen-bond acceptors (Lipinski definition) is 5. The standard InChI is InChI=1S/C19H20N4O4S/c1-11-16(12-6-9-22(10-7-12)19(26)27)28-18(20-11)21-17(25)14-4-5-15(24)13-3-2-8-23(13)14/h2-3,6,8,14H,4-5,7,9-10H2,1H3,(H,26,27)(H,20,21,25). The molecule has 146 valence electrons. The molecule has 1 atom stereocenters. The normalized spacial score (nSPS) is 19.2. The number of Topliss-reactive ketones (excluding diaryl/α,β-unsaturated/α-hetero) is 1. The van der Waals surface area contributed by atoms with Crippen LogP contribution in [0.5, 0.6) is 0 Å². The highest BCUT2D eigenvalue weighted by Gasteiger charge is 2.30. The third-order valence-corrected chi connectivity index (χ3v) is 6.29. The number of anilines is 1. The molecule has 1 unspecified atom stereocenters. The van der Waals surface area contributed by atoms with E-state index in [1.165, 1.54) is 16.2 Å². The van der Waals surface area contributed by atoms with Crippen molar-refractivity contribution in [2.75, 3.05) is 18.4 Å². The van der Waals surface area contributed by atoms with Gasteiger partial charge in [0.25, 0.3) is 0 Å². The molecular weight excluding hydrogens is 380 g/mol. The Kier molecular flexibility index (Phi) is 4.76. The van der Waals surface area contributed by atoms with Crippen LogP contribution in [0, 0.1) is 6.92 Å². The maximum atomic E-state index is 12.8. The molecule has 2 amide bonds. The average molecular weight is 400 g/mol. The summed E-state index contributed by atoms with van der Waals surface area (Å²) in [6, 6.07) is 3.09. The van der Waals surface area contributed by atoms with Gasteiger partial charge in [0.1, 0.15) is 6.04 Å². The molecule has 2 aromatic rings. The third-order valence-electron chi connectivity index (χ3n) is 5.15. The summed E-state index contributed by atoms with van der Waals surface area (Å²) in [7, 11) is 0. The number of carbonyl (C=O) groups is 3. The molecule has 0 spiro atoms. The van der Waals surface area contributed by atoms with Crippen molar-refractivity contribution in [3.63, 3.8) is 0 Å². The fourth-order valence-electron chi connectivity index (χ4n) is 3.68. The van der Waals surface area contributed by atoms with Crippen molar-refractivity contribution < 1.29 is 19.5 Å². The second-order valence-electron chi connectivity index (χ2n) is 6.91. The van der Waals surface area contributed by atoms with Gasteiger partial charge in [-0.25, -0.2) is 9.78 Å². The molecule has 2 N–H and O–H groups in total. The number of fused-ring (bicyclic) bond motifs is 1. The lowest BCUT2D eigenvalue weighted by atomic mass is 10.0. The van der Waals surface area contributed by atoms with Gasteiger partial charge in [0.05, 0.1) is 16.3 Å². The van der Waals surface area contributed by atoms with E-state index in [0.29, 0.717) is 43.2 Å². The number of rotatable bonds is 3. The van der Waals surface area contributed by atoms with Crippen LogP contribution in [-0.2, 0) is 4.79 Å². The quantitative estimate of drug-likeness (QED) is 0.823. The van der Waals surface area contributed by atoms with Gasteiger partial charge < -0.3 is 19.9 Å². The van der Waals surface area contributed by atoms with E-state index < -0.39 is 12.1 Å². The first kappa shape index (κ1) is 18.4. The van der Waals surface area contributed by atoms with Crippen molar-refractivity contribution in [2.45, 2.75) is 32.2 Å². The predicted octanol–water partition coefficient (Wildman–Crippen LogP) is 3.18. The van der Waals surface area contributed by atoms with Crippen molar-refractivity contribution in [3.8, 4) is 0 Å². The largest absolute Gasteiger partial charge is 0.465 e. The van der Waals surface area contributed by atoms with Gasteiger partial charge in [-0.15, -0.1) is 0 Å². The molecule has 9 heteroatoms. The highest BCUT2D eigenvalue weighted by atomic mass is 32.1. The van der Waals surface area contributed by atoms with Crippen LogP contribution in [-0.4, -0.2) is 50.4 Å². The molecule has 0 aliphatic carbocycles. The summed E-state index contributed by atoms with van der Waals surface area (Å²) in [4.78, 5) is 42.6. The van der Waals surface area contributed by atoms with Crippen LogP contribution in [0.2, 0.25) is 0 Å². The lowest BCUT2D eigenvalue weighted by Crippen LogP contribution is -2.33. The first-order valence-electron chi connectivity index (χ1n) is 9.09. The number of hydrogen-bond donors (Lipinski definition) is 2. The number of nitrogens with one attached hydrogen (secondary N) is 1. The first-order valence-corrected chi connectivity index (χ1v) is 9.91. The van der Waals surface area contributed by atoms with Crippen LogP contribution < -0.4 is 5.32 Å². The Balaban J connectivity index is 1.49. The second-order valence-corrected chi connectivity index (χ2v) is 7.91. The molecule has 0 saturated heterocycles. The Morgan fingerprint density at radius 3 is 2.89 bits per heavy atom. The molecule has 0 saturated carbocycles. The number of nitrogens with zero attached hydrogens (tertiary/aromatic N) is 3. The molecule has 28 heavy (non-hydrogen) atoms. The van der Waals surface area contributed by atoms with Crippen molar-refractivity contribution in [1.29, 1.82) is 0 Å². The fraction of sp³-hybridized carbons (Fsp3) is 0.368. The van der Waals surface area contributed by atoms with Gasteiger partial charge in [0.15, 0.2) is 10.9 Å². The Morgan fingerprint density at radius 1 is 1.36 bits per heavy atom. The summed E-state index contributed by atoms with van der Waals surface area (Å²) in [6.07, 6.45) is 4.20. The van der Waals surface area contributed by atoms with Crippen LogP contribution in [0.4, 0.5) is 9.93 Å². The number of ketones is 1. The van der Waals surface area contributed by atoms with E-state index in [4.69, 9.17) is 5.11 Å². The molecule has 8 nitrogen and oxygen atoms in total. The Labute approximate surface area is 165 Å². The van der Waals surface area contributed by atoms with Crippen LogP contribution >= 0.6 is 11.3 Å². The van der Waals surface area contributed by atoms with Crippen molar-refractivity contribution in [1.82, 2.24) is 14.5 Å².